The molecule has 6 nitrogen and oxygen atoms in total. The zero-order chi connectivity index (χ0) is 20.5. The van der Waals surface area contributed by atoms with Crippen LogP contribution in [-0.2, 0) is 4.74 Å². The van der Waals surface area contributed by atoms with E-state index in [0.29, 0.717) is 22.6 Å². The summed E-state index contributed by atoms with van der Waals surface area (Å²) < 4.78 is 16.3. The van der Waals surface area contributed by atoms with Gasteiger partial charge in [-0.3, -0.25) is 4.79 Å². The molecular weight excluding hydrogens is 382 g/mol. The fourth-order valence-electron chi connectivity index (χ4n) is 3.52. The van der Waals surface area contributed by atoms with Crippen molar-refractivity contribution in [3.05, 3.63) is 95.7 Å². The number of carbonyl (C=O) groups is 2. The molecule has 0 spiro atoms. The fraction of sp³-hybridized carbons (Fsp3) is 0.0833. The minimum Gasteiger partial charge on any atom is -0.454 e. The van der Waals surface area contributed by atoms with Crippen molar-refractivity contribution < 1.29 is 23.8 Å². The number of ketones is 1. The van der Waals surface area contributed by atoms with E-state index in [1.165, 1.54) is 0 Å². The number of aromatic amines is 1. The van der Waals surface area contributed by atoms with E-state index in [-0.39, 0.29) is 18.1 Å². The molecule has 3 aromatic carbocycles. The van der Waals surface area contributed by atoms with Gasteiger partial charge in [0.05, 0.1) is 5.56 Å². The lowest BCUT2D eigenvalue weighted by Gasteiger charge is -2.17. The van der Waals surface area contributed by atoms with Gasteiger partial charge in [-0.25, -0.2) is 4.79 Å². The highest BCUT2D eigenvalue weighted by Gasteiger charge is 2.29. The van der Waals surface area contributed by atoms with Crippen LogP contribution in [0.4, 0.5) is 0 Å². The molecule has 0 bridgehead atoms. The molecule has 0 amide bonds. The number of rotatable bonds is 5. The van der Waals surface area contributed by atoms with Gasteiger partial charge >= 0.3 is 5.97 Å². The Morgan fingerprint density at radius 2 is 1.67 bits per heavy atom. The Hall–Kier alpha value is -4.06. The van der Waals surface area contributed by atoms with Crippen molar-refractivity contribution in [2.24, 2.45) is 0 Å². The third kappa shape index (κ3) is 3.18. The van der Waals surface area contributed by atoms with Crippen LogP contribution < -0.4 is 9.47 Å². The van der Waals surface area contributed by atoms with Gasteiger partial charge in [-0.15, -0.1) is 0 Å². The van der Waals surface area contributed by atoms with Crippen LogP contribution in [0.5, 0.6) is 11.5 Å². The van der Waals surface area contributed by atoms with Crippen LogP contribution in [0.1, 0.15) is 32.4 Å². The number of para-hydroxylation sites is 1. The van der Waals surface area contributed by atoms with Crippen LogP contribution >= 0.6 is 0 Å². The molecule has 0 fully saturated rings. The summed E-state index contributed by atoms with van der Waals surface area (Å²) in [4.78, 5) is 29.4. The summed E-state index contributed by atoms with van der Waals surface area (Å²) in [5.74, 6) is 0.132. The maximum atomic E-state index is 13.4. The van der Waals surface area contributed by atoms with E-state index in [9.17, 15) is 9.59 Å². The van der Waals surface area contributed by atoms with Crippen LogP contribution in [0, 0.1) is 0 Å². The van der Waals surface area contributed by atoms with Gasteiger partial charge in [0.2, 0.25) is 12.6 Å². The van der Waals surface area contributed by atoms with Crippen molar-refractivity contribution in [1.82, 2.24) is 4.98 Å². The largest absolute Gasteiger partial charge is 0.454 e. The Labute approximate surface area is 172 Å². The van der Waals surface area contributed by atoms with Gasteiger partial charge in [0, 0.05) is 28.2 Å². The second kappa shape index (κ2) is 7.40. The first kappa shape index (κ1) is 18.0. The first-order valence-electron chi connectivity index (χ1n) is 9.46. The van der Waals surface area contributed by atoms with E-state index in [4.69, 9.17) is 14.2 Å². The van der Waals surface area contributed by atoms with Crippen molar-refractivity contribution >= 4 is 22.7 Å². The SMILES string of the molecule is O=C(OC(C(=O)c1c[nH]c2ccccc12)c1ccccc1)c1ccc2c(c1)OCO2. The summed E-state index contributed by atoms with van der Waals surface area (Å²) in [6.07, 6.45) is 0.570. The van der Waals surface area contributed by atoms with Crippen LogP contribution in [-0.4, -0.2) is 23.5 Å². The van der Waals surface area contributed by atoms with Crippen LogP contribution in [0.3, 0.4) is 0 Å². The van der Waals surface area contributed by atoms with E-state index in [1.54, 1.807) is 48.7 Å². The third-order valence-electron chi connectivity index (χ3n) is 5.03. The molecule has 6 heteroatoms. The molecule has 1 N–H and O–H groups in total. The van der Waals surface area contributed by atoms with Gasteiger partial charge in [-0.1, -0.05) is 48.5 Å². The van der Waals surface area contributed by atoms with Gasteiger partial charge in [0.1, 0.15) is 0 Å². The Bertz CT molecular complexity index is 1240. The Balaban J connectivity index is 1.49. The number of hydrogen-bond acceptors (Lipinski definition) is 5. The van der Waals surface area contributed by atoms with Gasteiger partial charge in [0.25, 0.3) is 0 Å². The zero-order valence-electron chi connectivity index (χ0n) is 15.8. The summed E-state index contributed by atoms with van der Waals surface area (Å²) in [5.41, 5.74) is 2.20. The number of Topliss-reactive ketones (excluding diaryl/α,β-unsaturated/α-hetero) is 1. The lowest BCUT2D eigenvalue weighted by Crippen LogP contribution is -2.20. The van der Waals surface area contributed by atoms with Crippen molar-refractivity contribution in [3.63, 3.8) is 0 Å². The molecular formula is C24H17NO5. The van der Waals surface area contributed by atoms with Crippen LogP contribution in [0.25, 0.3) is 10.9 Å². The quantitative estimate of drug-likeness (QED) is 0.390. The van der Waals surface area contributed by atoms with E-state index in [1.807, 2.05) is 30.3 Å². The number of benzene rings is 3. The van der Waals surface area contributed by atoms with Gasteiger partial charge < -0.3 is 19.2 Å². The van der Waals surface area contributed by atoms with Crippen molar-refractivity contribution in [2.45, 2.75) is 6.10 Å². The fourth-order valence-corrected chi connectivity index (χ4v) is 3.52. The van der Waals surface area contributed by atoms with E-state index < -0.39 is 12.1 Å². The van der Waals surface area contributed by atoms with Crippen LogP contribution in [0.15, 0.2) is 79.0 Å². The smallest absolute Gasteiger partial charge is 0.339 e. The van der Waals surface area contributed by atoms with E-state index in [0.717, 1.165) is 10.9 Å². The number of hydrogen-bond donors (Lipinski definition) is 1. The molecule has 2 heterocycles. The summed E-state index contributed by atoms with van der Waals surface area (Å²) in [7, 11) is 0. The molecule has 0 radical (unpaired) electrons. The lowest BCUT2D eigenvalue weighted by atomic mass is 9.99. The van der Waals surface area contributed by atoms with Crippen molar-refractivity contribution in [3.8, 4) is 11.5 Å². The molecule has 148 valence electrons. The summed E-state index contributed by atoms with van der Waals surface area (Å²) in [6.45, 7) is 0.111. The monoisotopic (exact) mass is 399 g/mol. The third-order valence-corrected chi connectivity index (χ3v) is 5.03. The number of esters is 1. The van der Waals surface area contributed by atoms with Gasteiger partial charge in [-0.2, -0.15) is 0 Å². The molecule has 0 saturated heterocycles. The minimum atomic E-state index is -1.08. The maximum absolute atomic E-state index is 13.4. The molecule has 5 rings (SSSR count). The predicted molar refractivity (Wildman–Crippen MR) is 110 cm³/mol. The predicted octanol–water partition coefficient (Wildman–Crippen LogP) is 4.68. The van der Waals surface area contributed by atoms with E-state index >= 15 is 0 Å². The van der Waals surface area contributed by atoms with Crippen LogP contribution in [0.2, 0.25) is 0 Å². The molecule has 1 aromatic heterocycles. The molecule has 0 aliphatic carbocycles. The summed E-state index contributed by atoms with van der Waals surface area (Å²) in [6, 6.07) is 21.3. The number of nitrogens with one attached hydrogen (secondary N) is 1. The molecule has 4 aromatic rings. The highest BCUT2D eigenvalue weighted by Crippen LogP contribution is 2.34. The Morgan fingerprint density at radius 1 is 0.900 bits per heavy atom. The highest BCUT2D eigenvalue weighted by atomic mass is 16.7. The second-order valence-corrected chi connectivity index (χ2v) is 6.88. The molecule has 1 atom stereocenters. The number of H-pyrrole nitrogens is 1. The number of fused-ring (bicyclic) bond motifs is 2. The van der Waals surface area contributed by atoms with Gasteiger partial charge in [-0.05, 0) is 24.3 Å². The Morgan fingerprint density at radius 3 is 2.53 bits per heavy atom. The average molecular weight is 399 g/mol. The molecule has 30 heavy (non-hydrogen) atoms. The Kier molecular flexibility index (Phi) is 4.44. The normalized spacial score (nSPS) is 13.2. The van der Waals surface area contributed by atoms with Crippen molar-refractivity contribution in [2.75, 3.05) is 6.79 Å². The molecule has 1 unspecified atom stereocenters. The highest BCUT2D eigenvalue weighted by molar-refractivity contribution is 6.11. The first-order valence-corrected chi connectivity index (χ1v) is 9.46. The lowest BCUT2D eigenvalue weighted by molar-refractivity contribution is 0.0280. The summed E-state index contributed by atoms with van der Waals surface area (Å²) >= 11 is 0. The van der Waals surface area contributed by atoms with E-state index in [2.05, 4.69) is 4.98 Å². The summed E-state index contributed by atoms with van der Waals surface area (Å²) in [5, 5.41) is 0.780. The minimum absolute atomic E-state index is 0.111. The number of aromatic nitrogens is 1. The van der Waals surface area contributed by atoms with Crippen molar-refractivity contribution in [1.29, 1.82) is 0 Å². The zero-order valence-corrected chi connectivity index (χ0v) is 15.8. The molecule has 1 aliphatic rings. The maximum Gasteiger partial charge on any atom is 0.339 e. The molecule has 0 saturated carbocycles. The molecule has 1 aliphatic heterocycles. The number of ether oxygens (including phenoxy) is 3. The average Bonchev–Trinajstić information content (AvgIpc) is 3.44. The number of carbonyl (C=O) groups excluding carboxylic acids is 2. The van der Waals surface area contributed by atoms with Gasteiger partial charge in [0.15, 0.2) is 17.6 Å². The topological polar surface area (TPSA) is 77.6 Å². The first-order chi connectivity index (χ1) is 14.7. The standard InChI is InChI=1S/C24H17NO5/c26-22(18-13-25-19-9-5-4-8-17(18)19)23(15-6-2-1-3-7-15)30-24(27)16-10-11-20-21(12-16)29-14-28-20/h1-13,23,25H,14H2. The second-order valence-electron chi connectivity index (χ2n) is 6.88.